The molecule has 3 rings (SSSR count). The zero-order valence-corrected chi connectivity index (χ0v) is 14.3. The second kappa shape index (κ2) is 8.48. The van der Waals surface area contributed by atoms with Crippen LogP contribution in [0.5, 0.6) is 5.75 Å². The van der Waals surface area contributed by atoms with Crippen molar-refractivity contribution in [1.29, 1.82) is 0 Å². The maximum absolute atomic E-state index is 12.3. The molecule has 6 nitrogen and oxygen atoms in total. The third-order valence-corrected chi connectivity index (χ3v) is 4.17. The Labute approximate surface area is 147 Å². The number of amides is 1. The largest absolute Gasteiger partial charge is 0.497 e. The summed E-state index contributed by atoms with van der Waals surface area (Å²) in [5.74, 6) is 0.647. The number of aromatic nitrogens is 1. The van der Waals surface area contributed by atoms with Gasteiger partial charge in [-0.05, 0) is 36.6 Å². The summed E-state index contributed by atoms with van der Waals surface area (Å²) in [6.45, 7) is 2.02. The third kappa shape index (κ3) is 4.93. The minimum Gasteiger partial charge on any atom is -0.497 e. The molecule has 6 heteroatoms. The van der Waals surface area contributed by atoms with E-state index >= 15 is 0 Å². The number of nitrogens with zero attached hydrogens (tertiary/aromatic N) is 1. The number of methoxy groups -OCH3 is 1. The van der Waals surface area contributed by atoms with E-state index < -0.39 is 0 Å². The Hall–Kier alpha value is -2.60. The van der Waals surface area contributed by atoms with Crippen LogP contribution < -0.4 is 15.4 Å². The Bertz CT molecular complexity index is 697. The van der Waals surface area contributed by atoms with Crippen molar-refractivity contribution in [3.05, 3.63) is 53.9 Å². The minimum absolute atomic E-state index is 0.149. The van der Waals surface area contributed by atoms with Crippen LogP contribution >= 0.6 is 0 Å². The van der Waals surface area contributed by atoms with E-state index in [1.54, 1.807) is 19.5 Å². The summed E-state index contributed by atoms with van der Waals surface area (Å²) in [7, 11) is 1.63. The van der Waals surface area contributed by atoms with E-state index in [0.717, 1.165) is 43.0 Å². The van der Waals surface area contributed by atoms with Crippen LogP contribution in [0, 0.1) is 0 Å². The summed E-state index contributed by atoms with van der Waals surface area (Å²) >= 11 is 0. The zero-order valence-electron chi connectivity index (χ0n) is 14.3. The Morgan fingerprint density at radius 1 is 1.32 bits per heavy atom. The number of ether oxygens (including phenoxy) is 2. The topological polar surface area (TPSA) is 72.5 Å². The molecule has 0 aliphatic carbocycles. The van der Waals surface area contributed by atoms with Gasteiger partial charge in [-0.1, -0.05) is 12.1 Å². The average Bonchev–Trinajstić information content (AvgIpc) is 3.19. The molecule has 0 radical (unpaired) electrons. The lowest BCUT2D eigenvalue weighted by molar-refractivity contribution is 0.0950. The normalized spacial score (nSPS) is 16.4. The van der Waals surface area contributed by atoms with Gasteiger partial charge < -0.3 is 20.1 Å². The molecule has 1 fully saturated rings. The predicted octanol–water partition coefficient (Wildman–Crippen LogP) is 2.61. The van der Waals surface area contributed by atoms with E-state index in [1.165, 1.54) is 0 Å². The standard InChI is InChI=1S/C19H23N3O3/c1-24-17-6-4-14(5-7-17)10-22-19(23)15-9-16(12-20-11-15)21-13-18-3-2-8-25-18/h4-7,9,11-12,18,21H,2-3,8,10,13H2,1H3,(H,22,23). The van der Waals surface area contributed by atoms with E-state index in [2.05, 4.69) is 15.6 Å². The fourth-order valence-electron chi connectivity index (χ4n) is 2.73. The number of benzene rings is 1. The molecule has 1 saturated heterocycles. The predicted molar refractivity (Wildman–Crippen MR) is 95.9 cm³/mol. The first-order valence-corrected chi connectivity index (χ1v) is 8.46. The van der Waals surface area contributed by atoms with Crippen molar-refractivity contribution in [1.82, 2.24) is 10.3 Å². The van der Waals surface area contributed by atoms with Gasteiger partial charge in [-0.2, -0.15) is 0 Å². The summed E-state index contributed by atoms with van der Waals surface area (Å²) in [5.41, 5.74) is 2.37. The first-order chi connectivity index (χ1) is 12.2. The number of hydrogen-bond donors (Lipinski definition) is 2. The molecule has 25 heavy (non-hydrogen) atoms. The van der Waals surface area contributed by atoms with Gasteiger partial charge >= 0.3 is 0 Å². The van der Waals surface area contributed by atoms with Crippen LogP contribution in [-0.2, 0) is 11.3 Å². The number of nitrogens with one attached hydrogen (secondary N) is 2. The maximum atomic E-state index is 12.3. The quantitative estimate of drug-likeness (QED) is 0.810. The second-order valence-electron chi connectivity index (χ2n) is 6.01. The number of carbonyl (C=O) groups is 1. The van der Waals surface area contributed by atoms with Crippen molar-refractivity contribution in [2.75, 3.05) is 25.6 Å². The monoisotopic (exact) mass is 341 g/mol. The number of hydrogen-bond acceptors (Lipinski definition) is 5. The Balaban J connectivity index is 1.53. The lowest BCUT2D eigenvalue weighted by atomic mass is 10.2. The van der Waals surface area contributed by atoms with Crippen LogP contribution in [0.15, 0.2) is 42.7 Å². The number of rotatable bonds is 7. The van der Waals surface area contributed by atoms with E-state index in [1.807, 2.05) is 30.3 Å². The molecule has 0 spiro atoms. The molecule has 132 valence electrons. The van der Waals surface area contributed by atoms with Crippen molar-refractivity contribution in [2.45, 2.75) is 25.5 Å². The van der Waals surface area contributed by atoms with Crippen molar-refractivity contribution in [3.63, 3.8) is 0 Å². The lowest BCUT2D eigenvalue weighted by Gasteiger charge is -2.12. The van der Waals surface area contributed by atoms with E-state index in [0.29, 0.717) is 12.1 Å². The number of carbonyl (C=O) groups excluding carboxylic acids is 1. The van der Waals surface area contributed by atoms with E-state index in [-0.39, 0.29) is 12.0 Å². The van der Waals surface area contributed by atoms with E-state index in [4.69, 9.17) is 9.47 Å². The molecule has 1 atom stereocenters. The number of pyridine rings is 1. The highest BCUT2D eigenvalue weighted by molar-refractivity contribution is 5.94. The van der Waals surface area contributed by atoms with Crippen LogP contribution in [0.25, 0.3) is 0 Å². The summed E-state index contributed by atoms with van der Waals surface area (Å²) in [6, 6.07) is 9.41. The Morgan fingerprint density at radius 3 is 2.88 bits per heavy atom. The van der Waals surface area contributed by atoms with Gasteiger partial charge in [0.1, 0.15) is 5.75 Å². The first-order valence-electron chi connectivity index (χ1n) is 8.46. The van der Waals surface area contributed by atoms with Gasteiger partial charge in [0.05, 0.1) is 24.5 Å². The molecule has 1 aromatic heterocycles. The van der Waals surface area contributed by atoms with Gasteiger partial charge in [0.25, 0.3) is 5.91 Å². The summed E-state index contributed by atoms with van der Waals surface area (Å²) in [5, 5.41) is 6.19. The maximum Gasteiger partial charge on any atom is 0.253 e. The molecule has 1 amide bonds. The summed E-state index contributed by atoms with van der Waals surface area (Å²) in [6.07, 6.45) is 5.71. The van der Waals surface area contributed by atoms with Crippen LogP contribution in [0.2, 0.25) is 0 Å². The van der Waals surface area contributed by atoms with Crippen LogP contribution in [0.4, 0.5) is 5.69 Å². The fraction of sp³-hybridized carbons (Fsp3) is 0.368. The highest BCUT2D eigenvalue weighted by atomic mass is 16.5. The molecule has 1 aromatic carbocycles. The second-order valence-corrected chi connectivity index (χ2v) is 6.01. The van der Waals surface area contributed by atoms with E-state index in [9.17, 15) is 4.79 Å². The molecule has 0 bridgehead atoms. The fourth-order valence-corrected chi connectivity index (χ4v) is 2.73. The Kier molecular flexibility index (Phi) is 5.85. The van der Waals surface area contributed by atoms with Crippen molar-refractivity contribution < 1.29 is 14.3 Å². The SMILES string of the molecule is COc1ccc(CNC(=O)c2cncc(NCC3CCCO3)c2)cc1. The van der Waals surface area contributed by atoms with Gasteiger partial charge in [-0.3, -0.25) is 9.78 Å². The molecule has 2 aromatic rings. The van der Waals surface area contributed by atoms with Crippen LogP contribution in [0.1, 0.15) is 28.8 Å². The minimum atomic E-state index is -0.149. The van der Waals surface area contributed by atoms with Crippen LogP contribution in [0.3, 0.4) is 0 Å². The van der Waals surface area contributed by atoms with Gasteiger partial charge in [0.15, 0.2) is 0 Å². The highest BCUT2D eigenvalue weighted by Gasteiger charge is 2.15. The van der Waals surface area contributed by atoms with Gasteiger partial charge in [-0.25, -0.2) is 0 Å². The van der Waals surface area contributed by atoms with Gasteiger partial charge in [0.2, 0.25) is 0 Å². The first kappa shape index (κ1) is 17.2. The van der Waals surface area contributed by atoms with Crippen molar-refractivity contribution in [2.24, 2.45) is 0 Å². The molecule has 2 N–H and O–H groups in total. The lowest BCUT2D eigenvalue weighted by Crippen LogP contribution is -2.23. The molecule has 1 unspecified atom stereocenters. The average molecular weight is 341 g/mol. The molecule has 1 aliphatic heterocycles. The third-order valence-electron chi connectivity index (χ3n) is 4.17. The highest BCUT2D eigenvalue weighted by Crippen LogP contribution is 2.15. The smallest absolute Gasteiger partial charge is 0.253 e. The molecule has 2 heterocycles. The molecular formula is C19H23N3O3. The van der Waals surface area contributed by atoms with Crippen molar-refractivity contribution >= 4 is 11.6 Å². The summed E-state index contributed by atoms with van der Waals surface area (Å²) < 4.78 is 10.7. The molecule has 1 aliphatic rings. The zero-order chi connectivity index (χ0) is 17.5. The number of anilines is 1. The molecule has 0 saturated carbocycles. The van der Waals surface area contributed by atoms with Gasteiger partial charge in [0, 0.05) is 32.1 Å². The van der Waals surface area contributed by atoms with Crippen LogP contribution in [-0.4, -0.2) is 37.3 Å². The molecular weight excluding hydrogens is 318 g/mol. The summed E-state index contributed by atoms with van der Waals surface area (Å²) in [4.78, 5) is 16.5. The van der Waals surface area contributed by atoms with Gasteiger partial charge in [-0.15, -0.1) is 0 Å². The Morgan fingerprint density at radius 2 is 2.16 bits per heavy atom. The van der Waals surface area contributed by atoms with Crippen molar-refractivity contribution in [3.8, 4) is 5.75 Å².